The molecule has 1 heterocycles. The van der Waals surface area contributed by atoms with E-state index in [0.29, 0.717) is 4.48 Å². The van der Waals surface area contributed by atoms with E-state index in [2.05, 4.69) is 26.0 Å². The Hall–Kier alpha value is -0.670. The second-order valence-electron chi connectivity index (χ2n) is 7.25. The van der Waals surface area contributed by atoms with E-state index in [0.717, 1.165) is 26.1 Å². The van der Waals surface area contributed by atoms with Crippen LogP contribution in [0.25, 0.3) is 0 Å². The number of allylic oxidation sites excluding steroid dienone is 2. The zero-order valence-electron chi connectivity index (χ0n) is 16.5. The van der Waals surface area contributed by atoms with Crippen LogP contribution in [0.5, 0.6) is 0 Å². The van der Waals surface area contributed by atoms with E-state index >= 15 is 0 Å². The Balaban J connectivity index is 2.01. The SMILES string of the molecule is CC/C=C/CCCCCCCCCCC1=NCC[N+]1(CC)C(C)O. The van der Waals surface area contributed by atoms with Crippen molar-refractivity contribution in [1.29, 1.82) is 0 Å². The van der Waals surface area contributed by atoms with Crippen LogP contribution in [-0.4, -0.2) is 41.3 Å². The van der Waals surface area contributed by atoms with E-state index in [4.69, 9.17) is 4.99 Å². The average Bonchev–Trinajstić information content (AvgIpc) is 3.00. The van der Waals surface area contributed by atoms with Crippen LogP contribution in [0.4, 0.5) is 0 Å². The van der Waals surface area contributed by atoms with Gasteiger partial charge in [-0.25, -0.2) is 4.99 Å². The Morgan fingerprint density at radius 1 is 1.00 bits per heavy atom. The molecule has 0 spiro atoms. The van der Waals surface area contributed by atoms with Gasteiger partial charge in [0.1, 0.15) is 6.54 Å². The lowest BCUT2D eigenvalue weighted by Gasteiger charge is -2.36. The molecular formula is C21H41N2O+. The van der Waals surface area contributed by atoms with Gasteiger partial charge in [-0.3, -0.25) is 4.48 Å². The van der Waals surface area contributed by atoms with E-state index in [1.807, 2.05) is 6.92 Å². The fourth-order valence-corrected chi connectivity index (χ4v) is 3.83. The third-order valence-electron chi connectivity index (χ3n) is 5.51. The molecule has 1 aliphatic rings. The largest absolute Gasteiger partial charge is 0.345 e. The molecule has 0 saturated carbocycles. The molecule has 1 rings (SSSR count). The van der Waals surface area contributed by atoms with Crippen molar-refractivity contribution in [3.63, 3.8) is 0 Å². The van der Waals surface area contributed by atoms with Crippen LogP contribution in [0.1, 0.15) is 91.4 Å². The van der Waals surface area contributed by atoms with Crippen LogP contribution in [0.15, 0.2) is 17.1 Å². The number of aliphatic hydroxyl groups is 1. The number of likely N-dealkylation sites (N-methyl/N-ethyl adjacent to an activating group) is 1. The van der Waals surface area contributed by atoms with E-state index in [9.17, 15) is 5.11 Å². The van der Waals surface area contributed by atoms with Gasteiger partial charge in [0.2, 0.25) is 5.84 Å². The molecule has 0 amide bonds. The van der Waals surface area contributed by atoms with Gasteiger partial charge in [-0.05, 0) is 32.6 Å². The number of hydrogen-bond donors (Lipinski definition) is 1. The van der Waals surface area contributed by atoms with Crippen molar-refractivity contribution in [1.82, 2.24) is 0 Å². The Labute approximate surface area is 150 Å². The van der Waals surface area contributed by atoms with Crippen LogP contribution in [-0.2, 0) is 0 Å². The number of unbranched alkanes of at least 4 members (excludes halogenated alkanes) is 8. The maximum absolute atomic E-state index is 10.2. The summed E-state index contributed by atoms with van der Waals surface area (Å²) in [5.74, 6) is 1.24. The van der Waals surface area contributed by atoms with Gasteiger partial charge in [-0.15, -0.1) is 0 Å². The van der Waals surface area contributed by atoms with Gasteiger partial charge in [0.25, 0.3) is 0 Å². The highest BCUT2D eigenvalue weighted by Gasteiger charge is 2.40. The smallest absolute Gasteiger partial charge is 0.200 e. The average molecular weight is 338 g/mol. The topological polar surface area (TPSA) is 32.6 Å². The number of amidine groups is 1. The first kappa shape index (κ1) is 21.4. The molecule has 0 aliphatic carbocycles. The van der Waals surface area contributed by atoms with Gasteiger partial charge in [-0.1, -0.05) is 57.6 Å². The maximum Gasteiger partial charge on any atom is 0.200 e. The molecule has 0 saturated heterocycles. The molecule has 1 aliphatic heterocycles. The zero-order chi connectivity index (χ0) is 17.7. The minimum absolute atomic E-state index is 0.316. The molecule has 2 atom stereocenters. The highest BCUT2D eigenvalue weighted by molar-refractivity contribution is 5.76. The first-order chi connectivity index (χ1) is 11.7. The molecular weight excluding hydrogens is 296 g/mol. The molecule has 0 fully saturated rings. The molecule has 0 aromatic carbocycles. The molecule has 0 aromatic rings. The van der Waals surface area contributed by atoms with Crippen molar-refractivity contribution in [3.8, 4) is 0 Å². The van der Waals surface area contributed by atoms with Crippen LogP contribution in [0.3, 0.4) is 0 Å². The van der Waals surface area contributed by atoms with E-state index < -0.39 is 0 Å². The molecule has 0 bridgehead atoms. The summed E-state index contributed by atoms with van der Waals surface area (Å²) in [6.45, 7) is 9.12. The summed E-state index contributed by atoms with van der Waals surface area (Å²) in [6, 6.07) is 0. The lowest BCUT2D eigenvalue weighted by Crippen LogP contribution is -2.56. The lowest BCUT2D eigenvalue weighted by atomic mass is 10.1. The Morgan fingerprint density at radius 3 is 2.21 bits per heavy atom. The molecule has 2 unspecified atom stereocenters. The van der Waals surface area contributed by atoms with Crippen LogP contribution in [0.2, 0.25) is 0 Å². The van der Waals surface area contributed by atoms with Crippen molar-refractivity contribution in [3.05, 3.63) is 12.2 Å². The maximum atomic E-state index is 10.2. The quantitative estimate of drug-likeness (QED) is 0.255. The van der Waals surface area contributed by atoms with Crippen molar-refractivity contribution in [2.75, 3.05) is 19.6 Å². The summed E-state index contributed by atoms with van der Waals surface area (Å²) in [7, 11) is 0. The lowest BCUT2D eigenvalue weighted by molar-refractivity contribution is -0.882. The van der Waals surface area contributed by atoms with E-state index in [1.54, 1.807) is 0 Å². The fourth-order valence-electron chi connectivity index (χ4n) is 3.83. The number of aliphatic imine (C=N–C) groups is 1. The van der Waals surface area contributed by atoms with Gasteiger partial charge >= 0.3 is 0 Å². The zero-order valence-corrected chi connectivity index (χ0v) is 16.5. The van der Waals surface area contributed by atoms with Crippen molar-refractivity contribution >= 4 is 5.84 Å². The second kappa shape index (κ2) is 12.7. The highest BCUT2D eigenvalue weighted by atomic mass is 16.3. The molecule has 140 valence electrons. The van der Waals surface area contributed by atoms with Gasteiger partial charge in [0, 0.05) is 13.3 Å². The summed E-state index contributed by atoms with van der Waals surface area (Å²) >= 11 is 0. The number of rotatable bonds is 14. The third-order valence-corrected chi connectivity index (χ3v) is 5.51. The minimum Gasteiger partial charge on any atom is -0.345 e. The summed E-state index contributed by atoms with van der Waals surface area (Å²) < 4.78 is 0.715. The van der Waals surface area contributed by atoms with Crippen LogP contribution < -0.4 is 0 Å². The molecule has 3 heteroatoms. The predicted octanol–water partition coefficient (Wildman–Crippen LogP) is 5.44. The number of hydrogen-bond acceptors (Lipinski definition) is 2. The highest BCUT2D eigenvalue weighted by Crippen LogP contribution is 2.23. The predicted molar refractivity (Wildman–Crippen MR) is 105 cm³/mol. The second-order valence-corrected chi connectivity index (χ2v) is 7.25. The molecule has 0 radical (unpaired) electrons. The molecule has 24 heavy (non-hydrogen) atoms. The Kier molecular flexibility index (Phi) is 11.3. The summed E-state index contributed by atoms with van der Waals surface area (Å²) in [5, 5.41) is 10.2. The summed E-state index contributed by atoms with van der Waals surface area (Å²) in [5.41, 5.74) is 0. The molecule has 1 N–H and O–H groups in total. The number of aliphatic hydroxyl groups excluding tert-OH is 1. The summed E-state index contributed by atoms with van der Waals surface area (Å²) in [4.78, 5) is 4.69. The summed E-state index contributed by atoms with van der Waals surface area (Å²) in [6.07, 6.45) is 18.6. The monoisotopic (exact) mass is 337 g/mol. The first-order valence-electron chi connectivity index (χ1n) is 10.4. The minimum atomic E-state index is -0.316. The van der Waals surface area contributed by atoms with Gasteiger partial charge in [0.15, 0.2) is 6.23 Å². The van der Waals surface area contributed by atoms with E-state index in [1.165, 1.54) is 70.0 Å². The first-order valence-corrected chi connectivity index (χ1v) is 10.4. The number of nitrogens with zero attached hydrogens (tertiary/aromatic N) is 2. The Morgan fingerprint density at radius 2 is 1.62 bits per heavy atom. The van der Waals surface area contributed by atoms with Gasteiger partial charge in [-0.2, -0.15) is 0 Å². The van der Waals surface area contributed by atoms with Crippen molar-refractivity contribution in [2.45, 2.75) is 97.6 Å². The van der Waals surface area contributed by atoms with Crippen LogP contribution >= 0.6 is 0 Å². The fraction of sp³-hybridized carbons (Fsp3) is 0.857. The number of quaternary nitrogens is 1. The van der Waals surface area contributed by atoms with Gasteiger partial charge in [0.05, 0.1) is 13.1 Å². The van der Waals surface area contributed by atoms with Crippen molar-refractivity contribution in [2.24, 2.45) is 4.99 Å². The molecule has 0 aromatic heterocycles. The molecule has 3 nitrogen and oxygen atoms in total. The normalized spacial score (nSPS) is 22.2. The standard InChI is InChI=1S/C21H41N2O/c1-4-6-7-8-9-10-11-12-13-14-15-16-17-21-22-18-19-23(21,5-2)20(3)24/h6-7,20,24H,4-5,8-19H2,1-3H3/q+1/b7-6+. The van der Waals surface area contributed by atoms with E-state index in [-0.39, 0.29) is 6.23 Å². The van der Waals surface area contributed by atoms with Crippen molar-refractivity contribution < 1.29 is 9.59 Å². The van der Waals surface area contributed by atoms with Crippen LogP contribution in [0, 0.1) is 0 Å². The van der Waals surface area contributed by atoms with Gasteiger partial charge < -0.3 is 5.11 Å². The third kappa shape index (κ3) is 7.06. The Bertz CT molecular complexity index is 376.